The van der Waals surface area contributed by atoms with Gasteiger partial charge in [-0.05, 0) is 44.7 Å². The second-order valence-electron chi connectivity index (χ2n) is 7.35. The molecule has 150 valence electrons. The van der Waals surface area contributed by atoms with E-state index < -0.39 is 0 Å². The lowest BCUT2D eigenvalue weighted by Gasteiger charge is -2.35. The van der Waals surface area contributed by atoms with Crippen LogP contribution in [0.2, 0.25) is 0 Å². The first-order valence-electron chi connectivity index (χ1n) is 9.25. The van der Waals surface area contributed by atoms with Crippen molar-refractivity contribution in [2.45, 2.75) is 39.7 Å². The average Bonchev–Trinajstić information content (AvgIpc) is 3.01. The molecule has 2 saturated heterocycles. The van der Waals surface area contributed by atoms with Gasteiger partial charge in [0.05, 0.1) is 5.69 Å². The maximum Gasteiger partial charge on any atom is 0.222 e. The van der Waals surface area contributed by atoms with Crippen LogP contribution in [0.15, 0.2) is 10.6 Å². The molecule has 1 amide bonds. The molecule has 1 aromatic rings. The Balaban J connectivity index is 0.00000169. The molecule has 2 aliphatic heterocycles. The highest BCUT2D eigenvalue weighted by Crippen LogP contribution is 2.25. The Morgan fingerprint density at radius 3 is 2.50 bits per heavy atom. The number of halogens is 2. The number of aryl methyl sites for hydroxylation is 1. The van der Waals surface area contributed by atoms with Crippen LogP contribution in [0.1, 0.15) is 37.6 Å². The quantitative estimate of drug-likeness (QED) is 0.813. The molecule has 1 unspecified atom stereocenters. The van der Waals surface area contributed by atoms with Gasteiger partial charge in [-0.2, -0.15) is 0 Å². The van der Waals surface area contributed by atoms with Gasteiger partial charge in [0.2, 0.25) is 5.91 Å². The van der Waals surface area contributed by atoms with Gasteiger partial charge >= 0.3 is 0 Å². The fraction of sp³-hybridized carbons (Fsp3) is 0.778. The summed E-state index contributed by atoms with van der Waals surface area (Å²) < 4.78 is 5.12. The topological polar surface area (TPSA) is 61.6 Å². The van der Waals surface area contributed by atoms with Gasteiger partial charge in [0.15, 0.2) is 0 Å². The smallest absolute Gasteiger partial charge is 0.222 e. The van der Waals surface area contributed by atoms with Gasteiger partial charge in [0, 0.05) is 45.2 Å². The first-order chi connectivity index (χ1) is 11.6. The van der Waals surface area contributed by atoms with E-state index in [0.717, 1.165) is 57.3 Å². The number of piperazine rings is 1. The minimum absolute atomic E-state index is 0. The van der Waals surface area contributed by atoms with Crippen molar-refractivity contribution in [3.05, 3.63) is 17.5 Å². The number of carbonyl (C=O) groups is 1. The Hall–Kier alpha value is -0.820. The van der Waals surface area contributed by atoms with Crippen LogP contribution in [-0.2, 0) is 11.3 Å². The van der Waals surface area contributed by atoms with Crippen molar-refractivity contribution >= 4 is 30.7 Å². The van der Waals surface area contributed by atoms with Gasteiger partial charge in [-0.25, -0.2) is 0 Å². The minimum atomic E-state index is 0. The number of piperidine rings is 1. The zero-order valence-electron chi connectivity index (χ0n) is 15.8. The second kappa shape index (κ2) is 11.1. The van der Waals surface area contributed by atoms with Gasteiger partial charge in [0.1, 0.15) is 5.76 Å². The predicted octanol–water partition coefficient (Wildman–Crippen LogP) is 2.50. The van der Waals surface area contributed by atoms with Crippen molar-refractivity contribution in [3.63, 3.8) is 0 Å². The summed E-state index contributed by atoms with van der Waals surface area (Å²) >= 11 is 0. The Labute approximate surface area is 168 Å². The summed E-state index contributed by atoms with van der Waals surface area (Å²) in [5, 5.41) is 7.45. The number of carbonyl (C=O) groups excluding carboxylic acids is 1. The van der Waals surface area contributed by atoms with Crippen molar-refractivity contribution in [2.75, 3.05) is 39.3 Å². The van der Waals surface area contributed by atoms with Crippen molar-refractivity contribution in [2.24, 2.45) is 11.8 Å². The number of amides is 1. The largest absolute Gasteiger partial charge is 0.361 e. The van der Waals surface area contributed by atoms with Crippen LogP contribution in [0.5, 0.6) is 0 Å². The van der Waals surface area contributed by atoms with Crippen molar-refractivity contribution in [1.82, 2.24) is 20.3 Å². The van der Waals surface area contributed by atoms with Crippen LogP contribution in [-0.4, -0.2) is 60.1 Å². The van der Waals surface area contributed by atoms with E-state index in [-0.39, 0.29) is 24.8 Å². The summed E-state index contributed by atoms with van der Waals surface area (Å²) in [7, 11) is 0. The summed E-state index contributed by atoms with van der Waals surface area (Å²) in [4.78, 5) is 17.0. The third-order valence-electron chi connectivity index (χ3n) is 5.47. The van der Waals surface area contributed by atoms with Crippen LogP contribution in [0.25, 0.3) is 0 Å². The van der Waals surface area contributed by atoms with E-state index in [1.165, 1.54) is 12.8 Å². The molecule has 26 heavy (non-hydrogen) atoms. The average molecular weight is 407 g/mol. The monoisotopic (exact) mass is 406 g/mol. The maximum atomic E-state index is 12.6. The lowest BCUT2D eigenvalue weighted by atomic mass is 9.84. The summed E-state index contributed by atoms with van der Waals surface area (Å²) in [6, 6.07) is 1.98. The highest BCUT2D eigenvalue weighted by atomic mass is 35.5. The SMILES string of the molecule is Cc1cc(CN2CCN(C(=O)CC(C)C3CCNCC3)CC2)no1.Cl.Cl. The molecular formula is C18H32Cl2N4O2. The van der Waals surface area contributed by atoms with E-state index in [4.69, 9.17) is 4.52 Å². The van der Waals surface area contributed by atoms with E-state index >= 15 is 0 Å². The van der Waals surface area contributed by atoms with Crippen LogP contribution >= 0.6 is 24.8 Å². The first-order valence-corrected chi connectivity index (χ1v) is 9.25. The number of rotatable bonds is 5. The highest BCUT2D eigenvalue weighted by Gasteiger charge is 2.26. The Kier molecular flexibility index (Phi) is 9.93. The number of nitrogens with zero attached hydrogens (tertiary/aromatic N) is 3. The number of nitrogens with one attached hydrogen (secondary N) is 1. The molecule has 2 fully saturated rings. The van der Waals surface area contributed by atoms with Gasteiger partial charge in [0.25, 0.3) is 0 Å². The number of hydrogen-bond donors (Lipinski definition) is 1. The molecule has 6 nitrogen and oxygen atoms in total. The standard InChI is InChI=1S/C18H30N4O2.2ClH/c1-14(16-3-5-19-6-4-16)11-18(23)22-9-7-21(8-10-22)13-17-12-15(2)24-20-17;;/h12,14,16,19H,3-11,13H2,1-2H3;2*1H. The summed E-state index contributed by atoms with van der Waals surface area (Å²) in [5.74, 6) is 2.38. The molecule has 8 heteroatoms. The van der Waals surface area contributed by atoms with Crippen LogP contribution in [0, 0.1) is 18.8 Å². The predicted molar refractivity (Wildman–Crippen MR) is 107 cm³/mol. The fourth-order valence-electron chi connectivity index (χ4n) is 3.86. The second-order valence-corrected chi connectivity index (χ2v) is 7.35. The van der Waals surface area contributed by atoms with Gasteiger partial charge in [-0.15, -0.1) is 24.8 Å². The Bertz CT molecular complexity index is 541. The zero-order chi connectivity index (χ0) is 16.9. The summed E-state index contributed by atoms with van der Waals surface area (Å²) in [6.07, 6.45) is 3.12. The molecule has 1 atom stereocenters. The van der Waals surface area contributed by atoms with Crippen LogP contribution < -0.4 is 5.32 Å². The molecule has 3 heterocycles. The van der Waals surface area contributed by atoms with Gasteiger partial charge in [-0.1, -0.05) is 12.1 Å². The molecule has 0 bridgehead atoms. The molecule has 1 aromatic heterocycles. The summed E-state index contributed by atoms with van der Waals surface area (Å²) in [5.41, 5.74) is 0.979. The molecule has 0 aromatic carbocycles. The van der Waals surface area contributed by atoms with Crippen molar-refractivity contribution in [1.29, 1.82) is 0 Å². The van der Waals surface area contributed by atoms with E-state index in [1.807, 2.05) is 17.9 Å². The lowest BCUT2D eigenvalue weighted by Crippen LogP contribution is -2.48. The molecule has 3 rings (SSSR count). The molecule has 1 N–H and O–H groups in total. The lowest BCUT2D eigenvalue weighted by molar-refractivity contribution is -0.134. The third-order valence-corrected chi connectivity index (χ3v) is 5.47. The number of hydrogen-bond acceptors (Lipinski definition) is 5. The third kappa shape index (κ3) is 6.41. The van der Waals surface area contributed by atoms with Crippen LogP contribution in [0.4, 0.5) is 0 Å². The molecule has 2 aliphatic rings. The molecular weight excluding hydrogens is 375 g/mol. The first kappa shape index (κ1) is 23.2. The Morgan fingerprint density at radius 1 is 1.27 bits per heavy atom. The van der Waals surface area contributed by atoms with Crippen molar-refractivity contribution < 1.29 is 9.32 Å². The normalized spacial score (nSPS) is 20.2. The summed E-state index contributed by atoms with van der Waals surface area (Å²) in [6.45, 7) is 10.7. The van der Waals surface area contributed by atoms with E-state index in [2.05, 4.69) is 22.3 Å². The Morgan fingerprint density at radius 2 is 1.92 bits per heavy atom. The zero-order valence-corrected chi connectivity index (χ0v) is 17.4. The fourth-order valence-corrected chi connectivity index (χ4v) is 3.86. The highest BCUT2D eigenvalue weighted by molar-refractivity contribution is 5.85. The number of aromatic nitrogens is 1. The van der Waals surface area contributed by atoms with Gasteiger partial charge in [-0.3, -0.25) is 9.69 Å². The van der Waals surface area contributed by atoms with E-state index in [1.54, 1.807) is 0 Å². The van der Waals surface area contributed by atoms with Gasteiger partial charge < -0.3 is 14.7 Å². The molecule has 0 saturated carbocycles. The van der Waals surface area contributed by atoms with E-state index in [9.17, 15) is 4.79 Å². The molecule has 0 radical (unpaired) electrons. The van der Waals surface area contributed by atoms with Crippen molar-refractivity contribution in [3.8, 4) is 0 Å². The maximum absolute atomic E-state index is 12.6. The molecule has 0 aliphatic carbocycles. The molecule has 0 spiro atoms. The van der Waals surface area contributed by atoms with Crippen LogP contribution in [0.3, 0.4) is 0 Å². The van der Waals surface area contributed by atoms with E-state index in [0.29, 0.717) is 24.2 Å². The minimum Gasteiger partial charge on any atom is -0.361 e.